The Bertz CT molecular complexity index is 598. The molecule has 26 heavy (non-hydrogen) atoms. The Balaban J connectivity index is 2.46. The van der Waals surface area contributed by atoms with E-state index in [0.29, 0.717) is 12.0 Å². The molecular formula is C19H25F3N2O2. The van der Waals surface area contributed by atoms with Gasteiger partial charge < -0.3 is 11.1 Å². The lowest BCUT2D eigenvalue weighted by Gasteiger charge is -2.15. The lowest BCUT2D eigenvalue weighted by molar-refractivity contribution is -0.137. The Morgan fingerprint density at radius 3 is 2.27 bits per heavy atom. The van der Waals surface area contributed by atoms with Gasteiger partial charge in [0.05, 0.1) is 12.0 Å². The Morgan fingerprint density at radius 2 is 1.73 bits per heavy atom. The van der Waals surface area contributed by atoms with E-state index in [9.17, 15) is 22.8 Å². The van der Waals surface area contributed by atoms with E-state index in [4.69, 9.17) is 5.73 Å². The molecule has 0 radical (unpaired) electrons. The standard InChI is InChI=1S/C19H25F3N2O2/c1-2-3-4-5-6-7-8-16(18(23)26)24-17(25)13-14-9-11-15(12-10-14)19(20,21)22/h2,9-12,16H,1,3-8,13H2,(H2,23,26)(H,24,25)/t16-/m1/s1. The van der Waals surface area contributed by atoms with E-state index in [1.807, 2.05) is 6.08 Å². The van der Waals surface area contributed by atoms with Gasteiger partial charge in [-0.25, -0.2) is 0 Å². The van der Waals surface area contributed by atoms with Gasteiger partial charge in [-0.3, -0.25) is 9.59 Å². The summed E-state index contributed by atoms with van der Waals surface area (Å²) in [6.07, 6.45) is 2.45. The number of carbonyl (C=O) groups excluding carboxylic acids is 2. The molecule has 144 valence electrons. The van der Waals surface area contributed by atoms with Crippen molar-refractivity contribution in [3.05, 3.63) is 48.0 Å². The number of alkyl halides is 3. The van der Waals surface area contributed by atoms with Gasteiger partial charge in [-0.2, -0.15) is 13.2 Å². The van der Waals surface area contributed by atoms with E-state index in [2.05, 4.69) is 11.9 Å². The van der Waals surface area contributed by atoms with Crippen molar-refractivity contribution in [2.75, 3.05) is 0 Å². The fourth-order valence-corrected chi connectivity index (χ4v) is 2.52. The maximum Gasteiger partial charge on any atom is 0.416 e. The van der Waals surface area contributed by atoms with Gasteiger partial charge in [0.25, 0.3) is 0 Å². The minimum absolute atomic E-state index is 0.110. The van der Waals surface area contributed by atoms with Gasteiger partial charge in [-0.15, -0.1) is 6.58 Å². The molecule has 4 nitrogen and oxygen atoms in total. The number of unbranched alkanes of at least 4 members (excludes halogenated alkanes) is 4. The predicted molar refractivity (Wildman–Crippen MR) is 94.2 cm³/mol. The molecule has 1 atom stereocenters. The lowest BCUT2D eigenvalue weighted by Crippen LogP contribution is -2.44. The molecule has 2 amide bonds. The molecule has 0 heterocycles. The molecule has 1 rings (SSSR count). The number of allylic oxidation sites excluding steroid dienone is 1. The van der Waals surface area contributed by atoms with E-state index < -0.39 is 29.6 Å². The third-order valence-electron chi connectivity index (χ3n) is 3.98. The molecule has 0 aromatic heterocycles. The maximum absolute atomic E-state index is 12.5. The fraction of sp³-hybridized carbons (Fsp3) is 0.474. The number of benzene rings is 1. The van der Waals surface area contributed by atoms with Crippen molar-refractivity contribution < 1.29 is 22.8 Å². The molecule has 0 saturated carbocycles. The molecule has 7 heteroatoms. The van der Waals surface area contributed by atoms with Gasteiger partial charge >= 0.3 is 6.18 Å². The third-order valence-corrected chi connectivity index (χ3v) is 3.98. The fourth-order valence-electron chi connectivity index (χ4n) is 2.52. The summed E-state index contributed by atoms with van der Waals surface area (Å²) in [4.78, 5) is 23.5. The Hall–Kier alpha value is -2.31. The minimum atomic E-state index is -4.41. The van der Waals surface area contributed by atoms with Crippen LogP contribution in [0, 0.1) is 0 Å². The SMILES string of the molecule is C=CCCCCCC[C@@H](NC(=O)Cc1ccc(C(F)(F)F)cc1)C(N)=O. The topological polar surface area (TPSA) is 72.2 Å². The highest BCUT2D eigenvalue weighted by Crippen LogP contribution is 2.29. The summed E-state index contributed by atoms with van der Waals surface area (Å²) in [7, 11) is 0. The van der Waals surface area contributed by atoms with Crippen LogP contribution in [0.4, 0.5) is 13.2 Å². The van der Waals surface area contributed by atoms with Crippen molar-refractivity contribution in [3.8, 4) is 0 Å². The van der Waals surface area contributed by atoms with Gasteiger partial charge in [-0.05, 0) is 37.0 Å². The second kappa shape index (κ2) is 10.6. The molecule has 0 aliphatic rings. The van der Waals surface area contributed by atoms with Gasteiger partial charge in [0.2, 0.25) is 11.8 Å². The number of halogens is 3. The van der Waals surface area contributed by atoms with Crippen LogP contribution in [0.15, 0.2) is 36.9 Å². The lowest BCUT2D eigenvalue weighted by atomic mass is 10.0. The number of rotatable bonds is 11. The number of hydrogen-bond donors (Lipinski definition) is 2. The highest BCUT2D eigenvalue weighted by atomic mass is 19.4. The average Bonchev–Trinajstić information content (AvgIpc) is 2.56. The minimum Gasteiger partial charge on any atom is -0.368 e. The molecule has 1 aromatic carbocycles. The maximum atomic E-state index is 12.5. The molecule has 0 aliphatic carbocycles. The molecule has 0 aliphatic heterocycles. The van der Waals surface area contributed by atoms with Crippen LogP contribution in [0.2, 0.25) is 0 Å². The zero-order valence-corrected chi connectivity index (χ0v) is 14.6. The van der Waals surface area contributed by atoms with E-state index in [-0.39, 0.29) is 6.42 Å². The molecule has 0 spiro atoms. The van der Waals surface area contributed by atoms with Crippen molar-refractivity contribution in [2.45, 2.75) is 57.2 Å². The highest BCUT2D eigenvalue weighted by molar-refractivity contribution is 5.87. The summed E-state index contributed by atoms with van der Waals surface area (Å²) in [5.74, 6) is -1.06. The van der Waals surface area contributed by atoms with Crippen LogP contribution in [0.5, 0.6) is 0 Å². The van der Waals surface area contributed by atoms with Crippen molar-refractivity contribution in [1.82, 2.24) is 5.32 Å². The van der Waals surface area contributed by atoms with E-state index in [1.165, 1.54) is 12.1 Å². The first kappa shape index (κ1) is 21.7. The van der Waals surface area contributed by atoms with Crippen LogP contribution in [0.25, 0.3) is 0 Å². The molecule has 1 aromatic rings. The zero-order valence-electron chi connectivity index (χ0n) is 14.6. The van der Waals surface area contributed by atoms with Gasteiger partial charge in [0.15, 0.2) is 0 Å². The summed E-state index contributed by atoms with van der Waals surface area (Å²) in [6.45, 7) is 3.65. The number of nitrogens with one attached hydrogen (secondary N) is 1. The normalized spacial score (nSPS) is 12.4. The molecule has 0 fully saturated rings. The number of hydrogen-bond acceptors (Lipinski definition) is 2. The Morgan fingerprint density at radius 1 is 1.12 bits per heavy atom. The average molecular weight is 370 g/mol. The van der Waals surface area contributed by atoms with Crippen LogP contribution < -0.4 is 11.1 Å². The van der Waals surface area contributed by atoms with Crippen molar-refractivity contribution in [3.63, 3.8) is 0 Å². The quantitative estimate of drug-likeness (QED) is 0.460. The monoisotopic (exact) mass is 370 g/mol. The van der Waals surface area contributed by atoms with Crippen LogP contribution in [-0.2, 0) is 22.2 Å². The summed E-state index contributed by atoms with van der Waals surface area (Å²) in [5, 5.41) is 2.56. The first-order chi connectivity index (χ1) is 12.2. The second-order valence-electron chi connectivity index (χ2n) is 6.17. The van der Waals surface area contributed by atoms with Crippen molar-refractivity contribution in [1.29, 1.82) is 0 Å². The number of primary amides is 1. The van der Waals surface area contributed by atoms with Crippen LogP contribution in [0.1, 0.15) is 49.7 Å². The predicted octanol–water partition coefficient (Wildman–Crippen LogP) is 3.74. The Labute approximate surface area is 151 Å². The molecule has 0 bridgehead atoms. The third kappa shape index (κ3) is 8.18. The summed E-state index contributed by atoms with van der Waals surface area (Å²) >= 11 is 0. The molecule has 3 N–H and O–H groups in total. The first-order valence-electron chi connectivity index (χ1n) is 8.59. The van der Waals surface area contributed by atoms with E-state index in [1.54, 1.807) is 0 Å². The smallest absolute Gasteiger partial charge is 0.368 e. The van der Waals surface area contributed by atoms with Crippen LogP contribution >= 0.6 is 0 Å². The first-order valence-corrected chi connectivity index (χ1v) is 8.59. The summed E-state index contributed by atoms with van der Waals surface area (Å²) in [5.41, 5.74) is 4.98. The van der Waals surface area contributed by atoms with Crippen LogP contribution in [0.3, 0.4) is 0 Å². The number of carbonyl (C=O) groups is 2. The van der Waals surface area contributed by atoms with Gasteiger partial charge in [-0.1, -0.05) is 37.5 Å². The molecular weight excluding hydrogens is 345 g/mol. The summed E-state index contributed by atoms with van der Waals surface area (Å²) < 4.78 is 37.6. The summed E-state index contributed by atoms with van der Waals surface area (Å²) in [6, 6.07) is 3.59. The van der Waals surface area contributed by atoms with Crippen molar-refractivity contribution >= 4 is 11.8 Å². The van der Waals surface area contributed by atoms with Gasteiger partial charge in [0, 0.05) is 0 Å². The van der Waals surface area contributed by atoms with E-state index >= 15 is 0 Å². The zero-order chi connectivity index (χ0) is 19.6. The molecule has 0 unspecified atom stereocenters. The van der Waals surface area contributed by atoms with Crippen LogP contribution in [-0.4, -0.2) is 17.9 Å². The largest absolute Gasteiger partial charge is 0.416 e. The van der Waals surface area contributed by atoms with Crippen molar-refractivity contribution in [2.24, 2.45) is 5.73 Å². The Kier molecular flexibility index (Phi) is 8.88. The second-order valence-corrected chi connectivity index (χ2v) is 6.17. The number of amides is 2. The van der Waals surface area contributed by atoms with Gasteiger partial charge in [0.1, 0.15) is 6.04 Å². The number of nitrogens with two attached hydrogens (primary N) is 1. The highest BCUT2D eigenvalue weighted by Gasteiger charge is 2.30. The molecule has 0 saturated heterocycles. The van der Waals surface area contributed by atoms with E-state index in [0.717, 1.165) is 44.2 Å².